The fourth-order valence-electron chi connectivity index (χ4n) is 3.47. The highest BCUT2D eigenvalue weighted by Gasteiger charge is 2.44. The second-order valence-electron chi connectivity index (χ2n) is 6.25. The van der Waals surface area contributed by atoms with Gasteiger partial charge in [0, 0.05) is 18.4 Å². The summed E-state index contributed by atoms with van der Waals surface area (Å²) in [5.41, 5.74) is 3.06. The molecule has 4 rings (SSSR count). The molecule has 0 amide bonds. The lowest BCUT2D eigenvalue weighted by Crippen LogP contribution is -2.29. The van der Waals surface area contributed by atoms with Crippen molar-refractivity contribution < 1.29 is 8.42 Å². The van der Waals surface area contributed by atoms with Crippen molar-refractivity contribution in [2.24, 2.45) is 0 Å². The van der Waals surface area contributed by atoms with E-state index in [0.29, 0.717) is 11.3 Å². The van der Waals surface area contributed by atoms with Crippen molar-refractivity contribution in [2.45, 2.75) is 35.6 Å². The zero-order valence-corrected chi connectivity index (χ0v) is 13.6. The van der Waals surface area contributed by atoms with E-state index in [2.05, 4.69) is 22.5 Å². The maximum atomic E-state index is 13.1. The van der Waals surface area contributed by atoms with Crippen LogP contribution in [0.15, 0.2) is 53.7 Å². The second kappa shape index (κ2) is 5.28. The third-order valence-corrected chi connectivity index (χ3v) is 6.92. The van der Waals surface area contributed by atoms with Crippen molar-refractivity contribution in [3.63, 3.8) is 0 Å². The second-order valence-corrected chi connectivity index (χ2v) is 8.41. The summed E-state index contributed by atoms with van der Waals surface area (Å²) in [5, 5.41) is 2.97. The van der Waals surface area contributed by atoms with Crippen LogP contribution in [0.1, 0.15) is 29.2 Å². The largest absolute Gasteiger partial charge is 0.302 e. The highest BCUT2D eigenvalue weighted by atomic mass is 32.2. The predicted octanol–water partition coefficient (Wildman–Crippen LogP) is 2.66. The van der Waals surface area contributed by atoms with Crippen molar-refractivity contribution >= 4 is 15.9 Å². The number of rotatable bonds is 2. The Labute approximate surface area is 136 Å². The summed E-state index contributed by atoms with van der Waals surface area (Å²) < 4.78 is 26.3. The van der Waals surface area contributed by atoms with Crippen molar-refractivity contribution in [1.82, 2.24) is 10.3 Å². The number of benzene rings is 1. The van der Waals surface area contributed by atoms with Gasteiger partial charge in [-0.1, -0.05) is 29.8 Å². The molecule has 118 valence electrons. The summed E-state index contributed by atoms with van der Waals surface area (Å²) in [5.74, 6) is 0. The van der Waals surface area contributed by atoms with E-state index in [9.17, 15) is 8.42 Å². The molecule has 0 radical (unpaired) electrons. The van der Waals surface area contributed by atoms with Gasteiger partial charge in [0.2, 0.25) is 0 Å². The molecule has 2 bridgehead atoms. The Bertz CT molecular complexity index is 872. The van der Waals surface area contributed by atoms with E-state index in [-0.39, 0.29) is 12.1 Å². The van der Waals surface area contributed by atoms with Gasteiger partial charge < -0.3 is 5.32 Å². The average Bonchev–Trinajstić information content (AvgIpc) is 2.89. The maximum Gasteiger partial charge on any atom is 0.183 e. The van der Waals surface area contributed by atoms with Gasteiger partial charge in [0.1, 0.15) is 0 Å². The number of aryl methyl sites for hydroxylation is 1. The Kier molecular flexibility index (Phi) is 3.36. The van der Waals surface area contributed by atoms with Gasteiger partial charge in [-0.15, -0.1) is 0 Å². The Balaban J connectivity index is 1.79. The molecule has 1 aromatic heterocycles. The molecule has 2 aromatic rings. The Hall–Kier alpha value is -1.98. The molecular formula is C18H18N2O2S. The lowest BCUT2D eigenvalue weighted by molar-refractivity contribution is 0.558. The molecule has 0 aliphatic carbocycles. The highest BCUT2D eigenvalue weighted by molar-refractivity contribution is 7.92. The number of pyridine rings is 1. The molecule has 1 N–H and O–H groups in total. The third-order valence-electron chi connectivity index (χ3n) is 4.73. The summed E-state index contributed by atoms with van der Waals surface area (Å²) in [6, 6.07) is 8.92. The van der Waals surface area contributed by atoms with Crippen molar-refractivity contribution in [3.05, 3.63) is 65.5 Å². The van der Waals surface area contributed by atoms with Gasteiger partial charge in [-0.3, -0.25) is 4.98 Å². The lowest BCUT2D eigenvalue weighted by Gasteiger charge is -2.21. The standard InChI is InChI=1S/C18H18N2O2S/c1-12-2-6-15(7-3-12)23(21,22)17-10-14-5-4-13-8-9-19-11-16(13)18(17)20-14/h2-9,11,14,17-18,20H,10H2,1H3. The fraction of sp³-hybridized carbons (Fsp3) is 0.278. The SMILES string of the molecule is Cc1ccc(S(=O)(=O)C2CC3C=Cc4ccncc4C2N3)cc1. The molecule has 1 aromatic carbocycles. The normalized spacial score (nSPS) is 25.9. The van der Waals surface area contributed by atoms with Crippen molar-refractivity contribution in [1.29, 1.82) is 0 Å². The maximum absolute atomic E-state index is 13.1. The molecule has 2 aliphatic heterocycles. The van der Waals surface area contributed by atoms with E-state index >= 15 is 0 Å². The minimum Gasteiger partial charge on any atom is -0.302 e. The smallest absolute Gasteiger partial charge is 0.183 e. The molecule has 0 spiro atoms. The van der Waals surface area contributed by atoms with E-state index in [1.165, 1.54) is 0 Å². The van der Waals surface area contributed by atoms with Gasteiger partial charge in [0.15, 0.2) is 9.84 Å². The van der Waals surface area contributed by atoms with Crippen LogP contribution in [0, 0.1) is 6.92 Å². The molecule has 4 nitrogen and oxygen atoms in total. The zero-order valence-electron chi connectivity index (χ0n) is 12.8. The monoisotopic (exact) mass is 326 g/mol. The topological polar surface area (TPSA) is 59.1 Å². The molecule has 5 heteroatoms. The fourth-order valence-corrected chi connectivity index (χ4v) is 5.38. The molecule has 1 saturated heterocycles. The van der Waals surface area contributed by atoms with E-state index in [4.69, 9.17) is 0 Å². The van der Waals surface area contributed by atoms with Crippen LogP contribution in [0.2, 0.25) is 0 Å². The molecule has 3 atom stereocenters. The summed E-state index contributed by atoms with van der Waals surface area (Å²) in [6.45, 7) is 1.96. The summed E-state index contributed by atoms with van der Waals surface area (Å²) in [6.07, 6.45) is 8.23. The van der Waals surface area contributed by atoms with Crippen LogP contribution >= 0.6 is 0 Å². The van der Waals surface area contributed by atoms with Gasteiger partial charge in [-0.2, -0.15) is 0 Å². The molecule has 1 fully saturated rings. The van der Waals surface area contributed by atoms with E-state index < -0.39 is 15.1 Å². The van der Waals surface area contributed by atoms with Gasteiger partial charge in [-0.05, 0) is 42.7 Å². The minimum absolute atomic E-state index is 0.0811. The molecule has 3 unspecified atom stereocenters. The number of nitrogens with one attached hydrogen (secondary N) is 1. The third kappa shape index (κ3) is 2.40. The number of fused-ring (bicyclic) bond motifs is 4. The number of aromatic nitrogens is 1. The Morgan fingerprint density at radius 1 is 1.17 bits per heavy atom. The number of nitrogens with zero attached hydrogens (tertiary/aromatic N) is 1. The van der Waals surface area contributed by atoms with E-state index in [1.807, 2.05) is 25.1 Å². The first-order valence-electron chi connectivity index (χ1n) is 7.74. The summed E-state index contributed by atoms with van der Waals surface area (Å²) >= 11 is 0. The van der Waals surface area contributed by atoms with Crippen LogP contribution in [-0.4, -0.2) is 24.7 Å². The van der Waals surface area contributed by atoms with E-state index in [1.54, 1.807) is 24.5 Å². The van der Waals surface area contributed by atoms with Crippen LogP contribution in [0.4, 0.5) is 0 Å². The Morgan fingerprint density at radius 2 is 1.96 bits per heavy atom. The first-order chi connectivity index (χ1) is 11.1. The average molecular weight is 326 g/mol. The quantitative estimate of drug-likeness (QED) is 0.922. The molecule has 0 saturated carbocycles. The summed E-state index contributed by atoms with van der Waals surface area (Å²) in [7, 11) is -3.39. The number of hydrogen-bond acceptors (Lipinski definition) is 4. The highest BCUT2D eigenvalue weighted by Crippen LogP contribution is 2.39. The van der Waals surface area contributed by atoms with Crippen molar-refractivity contribution in [3.8, 4) is 0 Å². The van der Waals surface area contributed by atoms with Crippen LogP contribution < -0.4 is 5.32 Å². The number of hydrogen-bond donors (Lipinski definition) is 1. The number of sulfone groups is 1. The first kappa shape index (κ1) is 14.6. The van der Waals surface area contributed by atoms with Crippen LogP contribution in [-0.2, 0) is 9.84 Å². The van der Waals surface area contributed by atoms with Crippen LogP contribution in [0.25, 0.3) is 6.08 Å². The zero-order chi connectivity index (χ0) is 16.0. The van der Waals surface area contributed by atoms with Crippen LogP contribution in [0.3, 0.4) is 0 Å². The van der Waals surface area contributed by atoms with Crippen LogP contribution in [0.5, 0.6) is 0 Å². The van der Waals surface area contributed by atoms with E-state index in [0.717, 1.165) is 16.7 Å². The predicted molar refractivity (Wildman–Crippen MR) is 89.7 cm³/mol. The molecule has 3 heterocycles. The van der Waals surface area contributed by atoms with Gasteiger partial charge in [-0.25, -0.2) is 8.42 Å². The molecule has 23 heavy (non-hydrogen) atoms. The van der Waals surface area contributed by atoms with Gasteiger partial charge >= 0.3 is 0 Å². The molecular weight excluding hydrogens is 308 g/mol. The van der Waals surface area contributed by atoms with Gasteiger partial charge in [0.05, 0.1) is 16.2 Å². The van der Waals surface area contributed by atoms with Crippen molar-refractivity contribution in [2.75, 3.05) is 0 Å². The van der Waals surface area contributed by atoms with Gasteiger partial charge in [0.25, 0.3) is 0 Å². The summed E-state index contributed by atoms with van der Waals surface area (Å²) in [4.78, 5) is 4.59. The lowest BCUT2D eigenvalue weighted by atomic mass is 9.99. The Morgan fingerprint density at radius 3 is 2.74 bits per heavy atom. The molecule has 2 aliphatic rings. The first-order valence-corrected chi connectivity index (χ1v) is 9.29. The minimum atomic E-state index is -3.39.